The van der Waals surface area contributed by atoms with Gasteiger partial charge in [-0.1, -0.05) is 6.92 Å². The summed E-state index contributed by atoms with van der Waals surface area (Å²) in [7, 11) is -3.53. The molecule has 0 aromatic heterocycles. The lowest BCUT2D eigenvalue weighted by Gasteiger charge is -2.27. The average Bonchev–Trinajstić information content (AvgIpc) is 3.17. The van der Waals surface area contributed by atoms with Gasteiger partial charge in [0.05, 0.1) is 4.90 Å². The van der Waals surface area contributed by atoms with E-state index in [0.29, 0.717) is 24.4 Å². The second-order valence-electron chi connectivity index (χ2n) is 7.00. The van der Waals surface area contributed by atoms with Crippen molar-refractivity contribution in [1.29, 1.82) is 0 Å². The Kier molecular flexibility index (Phi) is 6.71. The summed E-state index contributed by atoms with van der Waals surface area (Å²) in [5.74, 6) is -0.00787. The predicted molar refractivity (Wildman–Crippen MR) is 105 cm³/mol. The van der Waals surface area contributed by atoms with E-state index < -0.39 is 10.0 Å². The molecular formula is C18H28ClN3O3S. The summed E-state index contributed by atoms with van der Waals surface area (Å²) in [5.41, 5.74) is 1.77. The van der Waals surface area contributed by atoms with Gasteiger partial charge in [0, 0.05) is 37.8 Å². The lowest BCUT2D eigenvalue weighted by Crippen LogP contribution is -2.42. The molecule has 1 fully saturated rings. The van der Waals surface area contributed by atoms with Crippen LogP contribution < -0.4 is 10.2 Å². The van der Waals surface area contributed by atoms with Crippen LogP contribution in [0.1, 0.15) is 39.2 Å². The van der Waals surface area contributed by atoms with Gasteiger partial charge < -0.3 is 10.2 Å². The highest BCUT2D eigenvalue weighted by molar-refractivity contribution is 7.89. The van der Waals surface area contributed by atoms with E-state index in [1.807, 2.05) is 13.8 Å². The van der Waals surface area contributed by atoms with E-state index in [2.05, 4.69) is 5.32 Å². The Balaban J connectivity index is 0.00000243. The number of anilines is 1. The van der Waals surface area contributed by atoms with E-state index in [1.165, 1.54) is 0 Å². The van der Waals surface area contributed by atoms with E-state index >= 15 is 0 Å². The van der Waals surface area contributed by atoms with Gasteiger partial charge in [0.15, 0.2) is 0 Å². The lowest BCUT2D eigenvalue weighted by molar-refractivity contribution is -0.116. The molecule has 0 saturated carbocycles. The molecule has 1 saturated heterocycles. The average molecular weight is 402 g/mol. The summed E-state index contributed by atoms with van der Waals surface area (Å²) in [5, 5.41) is 3.25. The number of nitrogens with zero attached hydrogens (tertiary/aromatic N) is 2. The van der Waals surface area contributed by atoms with Crippen LogP contribution in [0.4, 0.5) is 5.69 Å². The molecule has 0 spiro atoms. The van der Waals surface area contributed by atoms with Gasteiger partial charge in [-0.2, -0.15) is 4.31 Å². The van der Waals surface area contributed by atoms with Gasteiger partial charge in [-0.3, -0.25) is 4.79 Å². The molecule has 0 bridgehead atoms. The van der Waals surface area contributed by atoms with Crippen molar-refractivity contribution >= 4 is 34.0 Å². The third-order valence-electron chi connectivity index (χ3n) is 5.10. The van der Waals surface area contributed by atoms with Crippen molar-refractivity contribution in [1.82, 2.24) is 9.62 Å². The van der Waals surface area contributed by atoms with Crippen LogP contribution in [0.3, 0.4) is 0 Å². The molecule has 1 aromatic rings. The number of nitrogens with one attached hydrogen (secondary N) is 1. The first-order chi connectivity index (χ1) is 11.9. The number of sulfonamides is 1. The quantitative estimate of drug-likeness (QED) is 0.820. The molecular weight excluding hydrogens is 374 g/mol. The molecule has 2 aliphatic heterocycles. The highest BCUT2D eigenvalue weighted by atomic mass is 35.5. The highest BCUT2D eigenvalue weighted by Gasteiger charge is 2.35. The maximum atomic E-state index is 13.2. The van der Waals surface area contributed by atoms with Crippen molar-refractivity contribution in [2.24, 2.45) is 0 Å². The molecule has 8 heteroatoms. The minimum absolute atomic E-state index is 0. The van der Waals surface area contributed by atoms with Crippen molar-refractivity contribution in [2.45, 2.75) is 57.0 Å². The van der Waals surface area contributed by atoms with Crippen LogP contribution in [-0.4, -0.2) is 50.3 Å². The van der Waals surface area contributed by atoms with E-state index in [-0.39, 0.29) is 30.4 Å². The van der Waals surface area contributed by atoms with Crippen LogP contribution in [-0.2, 0) is 21.2 Å². The van der Waals surface area contributed by atoms with E-state index in [1.54, 1.807) is 34.3 Å². The normalized spacial score (nSPS) is 22.4. The molecule has 2 aliphatic rings. The van der Waals surface area contributed by atoms with Crippen LogP contribution in [0.2, 0.25) is 0 Å². The van der Waals surface area contributed by atoms with Crippen molar-refractivity contribution in [3.05, 3.63) is 23.8 Å². The van der Waals surface area contributed by atoms with Gasteiger partial charge in [-0.25, -0.2) is 8.42 Å². The highest BCUT2D eigenvalue weighted by Crippen LogP contribution is 2.35. The number of benzene rings is 1. The molecule has 0 aliphatic carbocycles. The predicted octanol–water partition coefficient (Wildman–Crippen LogP) is 2.17. The summed E-state index contributed by atoms with van der Waals surface area (Å²) in [6.45, 7) is 7.63. The fourth-order valence-corrected chi connectivity index (χ4v) is 5.79. The summed E-state index contributed by atoms with van der Waals surface area (Å²) in [6.07, 6.45) is 2.33. The third-order valence-corrected chi connectivity index (χ3v) is 7.05. The monoisotopic (exact) mass is 401 g/mol. The van der Waals surface area contributed by atoms with Crippen LogP contribution >= 0.6 is 12.4 Å². The van der Waals surface area contributed by atoms with Gasteiger partial charge in [0.1, 0.15) is 0 Å². The standard InChI is InChI=1S/C18H27N3O3S.ClH/c1-4-9-20(16-7-8-19-12-16)25(23,24)17-5-6-18-15(11-17)10-13(2)21(18)14(3)22;/h5-6,11,13,16,19H,4,7-10,12H2,1-3H3;1H. The first kappa shape index (κ1) is 21.2. The van der Waals surface area contributed by atoms with E-state index in [4.69, 9.17) is 0 Å². The van der Waals surface area contributed by atoms with E-state index in [9.17, 15) is 13.2 Å². The number of halogens is 1. The summed E-state index contributed by atoms with van der Waals surface area (Å²) >= 11 is 0. The first-order valence-corrected chi connectivity index (χ1v) is 10.5. The lowest BCUT2D eigenvalue weighted by atomic mass is 10.1. The summed E-state index contributed by atoms with van der Waals surface area (Å²) in [6, 6.07) is 5.27. The zero-order valence-corrected chi connectivity index (χ0v) is 17.2. The topological polar surface area (TPSA) is 69.7 Å². The zero-order chi connectivity index (χ0) is 18.2. The molecule has 146 valence electrons. The molecule has 1 amide bonds. The maximum absolute atomic E-state index is 13.2. The molecule has 26 heavy (non-hydrogen) atoms. The van der Waals surface area contributed by atoms with Gasteiger partial charge in [0.25, 0.3) is 0 Å². The van der Waals surface area contributed by atoms with Crippen molar-refractivity contribution in [2.75, 3.05) is 24.5 Å². The number of carbonyl (C=O) groups excluding carboxylic acids is 1. The van der Waals surface area contributed by atoms with Crippen LogP contribution in [0, 0.1) is 0 Å². The Morgan fingerprint density at radius 2 is 2.12 bits per heavy atom. The molecule has 6 nitrogen and oxygen atoms in total. The molecule has 1 N–H and O–H groups in total. The Morgan fingerprint density at radius 3 is 2.69 bits per heavy atom. The van der Waals surface area contributed by atoms with E-state index in [0.717, 1.165) is 30.6 Å². The Morgan fingerprint density at radius 1 is 1.38 bits per heavy atom. The van der Waals surface area contributed by atoms with Gasteiger partial charge >= 0.3 is 0 Å². The molecule has 2 atom stereocenters. The molecule has 2 unspecified atom stereocenters. The molecule has 3 rings (SSSR count). The smallest absolute Gasteiger partial charge is 0.243 e. The number of hydrogen-bond donors (Lipinski definition) is 1. The largest absolute Gasteiger partial charge is 0.315 e. The third kappa shape index (κ3) is 3.76. The first-order valence-electron chi connectivity index (χ1n) is 9.01. The zero-order valence-electron chi connectivity index (χ0n) is 15.6. The minimum Gasteiger partial charge on any atom is -0.315 e. The SMILES string of the molecule is CCCN(C1CCNC1)S(=O)(=O)c1ccc2c(c1)CC(C)N2C(C)=O.Cl. The van der Waals surface area contributed by atoms with Crippen molar-refractivity contribution < 1.29 is 13.2 Å². The summed E-state index contributed by atoms with van der Waals surface area (Å²) in [4.78, 5) is 13.9. The Labute approximate surface area is 162 Å². The number of carbonyl (C=O) groups is 1. The second-order valence-corrected chi connectivity index (χ2v) is 8.89. The Bertz CT molecular complexity index is 763. The van der Waals surface area contributed by atoms with Crippen LogP contribution in [0.15, 0.2) is 23.1 Å². The number of fused-ring (bicyclic) bond motifs is 1. The number of amides is 1. The molecule has 1 aromatic carbocycles. The fraction of sp³-hybridized carbons (Fsp3) is 0.611. The summed E-state index contributed by atoms with van der Waals surface area (Å²) < 4.78 is 28.1. The number of hydrogen-bond acceptors (Lipinski definition) is 4. The molecule has 0 radical (unpaired) electrons. The maximum Gasteiger partial charge on any atom is 0.243 e. The molecule has 2 heterocycles. The van der Waals surface area contributed by atoms with Crippen LogP contribution in [0.25, 0.3) is 0 Å². The van der Waals surface area contributed by atoms with Gasteiger partial charge in [-0.15, -0.1) is 12.4 Å². The van der Waals surface area contributed by atoms with Gasteiger partial charge in [-0.05, 0) is 56.5 Å². The van der Waals surface area contributed by atoms with Gasteiger partial charge in [0.2, 0.25) is 15.9 Å². The minimum atomic E-state index is -3.53. The Hall–Kier alpha value is -1.15. The number of rotatable bonds is 5. The van der Waals surface area contributed by atoms with Crippen molar-refractivity contribution in [3.63, 3.8) is 0 Å². The van der Waals surface area contributed by atoms with Crippen molar-refractivity contribution in [3.8, 4) is 0 Å². The fourth-order valence-electron chi connectivity index (χ4n) is 3.99. The van der Waals surface area contributed by atoms with Crippen LogP contribution in [0.5, 0.6) is 0 Å². The second kappa shape index (κ2) is 8.25.